The van der Waals surface area contributed by atoms with Crippen molar-refractivity contribution in [2.75, 3.05) is 0 Å². The molecule has 2 nitrogen and oxygen atoms in total. The zero-order valence-electron chi connectivity index (χ0n) is 12.8. The lowest BCUT2D eigenvalue weighted by atomic mass is 9.96. The molecule has 1 N–H and O–H groups in total. The summed E-state index contributed by atoms with van der Waals surface area (Å²) in [7, 11) is 0. The van der Waals surface area contributed by atoms with Crippen LogP contribution in [0.3, 0.4) is 0 Å². The van der Waals surface area contributed by atoms with E-state index >= 15 is 0 Å². The van der Waals surface area contributed by atoms with Crippen molar-refractivity contribution in [1.82, 2.24) is 4.98 Å². The molecule has 2 aromatic rings. The summed E-state index contributed by atoms with van der Waals surface area (Å²) in [5.41, 5.74) is 4.28. The van der Waals surface area contributed by atoms with E-state index in [1.54, 1.807) is 12.4 Å². The molecule has 1 heterocycles. The fraction of sp³-hybridized carbons (Fsp3) is 0.316. The molecule has 0 aliphatic rings. The lowest BCUT2D eigenvalue weighted by molar-refractivity contribution is 0.211. The van der Waals surface area contributed by atoms with Gasteiger partial charge in [-0.3, -0.25) is 4.98 Å². The monoisotopic (exact) mass is 281 g/mol. The molecule has 1 atom stereocenters. The van der Waals surface area contributed by atoms with Crippen LogP contribution >= 0.6 is 0 Å². The Hall–Kier alpha value is -1.93. The maximum atomic E-state index is 10.6. The van der Waals surface area contributed by atoms with Crippen molar-refractivity contribution in [3.8, 4) is 0 Å². The number of aliphatic hydroxyl groups excluding tert-OH is 1. The van der Waals surface area contributed by atoms with Crippen molar-refractivity contribution in [3.05, 3.63) is 71.1 Å². The number of hydrogen-bond acceptors (Lipinski definition) is 2. The Morgan fingerprint density at radius 3 is 2.62 bits per heavy atom. The van der Waals surface area contributed by atoms with Gasteiger partial charge in [0, 0.05) is 18.0 Å². The van der Waals surface area contributed by atoms with Gasteiger partial charge in [-0.1, -0.05) is 55.3 Å². The predicted octanol–water partition coefficient (Wildman–Crippen LogP) is 4.70. The first-order chi connectivity index (χ1) is 10.2. The standard InChI is InChI=1S/C19H23NO/c1-3-4-6-17(13-16-10-8-15(2)9-11-16)19(21)18-7-5-12-20-14-18/h5,7-14,19,21H,3-4,6H2,1-2H3. The van der Waals surface area contributed by atoms with Crippen LogP contribution in [0.15, 0.2) is 54.4 Å². The minimum atomic E-state index is -0.577. The first kappa shape index (κ1) is 15.5. The Balaban J connectivity index is 2.27. The molecule has 1 aromatic heterocycles. The van der Waals surface area contributed by atoms with E-state index in [2.05, 4.69) is 49.2 Å². The normalized spacial score (nSPS) is 13.2. The van der Waals surface area contributed by atoms with Crippen LogP contribution < -0.4 is 0 Å². The first-order valence-corrected chi connectivity index (χ1v) is 7.56. The Morgan fingerprint density at radius 1 is 1.24 bits per heavy atom. The van der Waals surface area contributed by atoms with Crippen LogP contribution in [0.1, 0.15) is 49.0 Å². The fourth-order valence-corrected chi connectivity index (χ4v) is 2.30. The molecule has 1 aromatic carbocycles. The van der Waals surface area contributed by atoms with Gasteiger partial charge in [0.15, 0.2) is 0 Å². The first-order valence-electron chi connectivity index (χ1n) is 7.56. The van der Waals surface area contributed by atoms with E-state index in [0.29, 0.717) is 0 Å². The van der Waals surface area contributed by atoms with Crippen LogP contribution in [-0.4, -0.2) is 10.1 Å². The van der Waals surface area contributed by atoms with Gasteiger partial charge < -0.3 is 5.11 Å². The summed E-state index contributed by atoms with van der Waals surface area (Å²) in [4.78, 5) is 4.10. The average Bonchev–Trinajstić information content (AvgIpc) is 2.53. The summed E-state index contributed by atoms with van der Waals surface area (Å²) >= 11 is 0. The topological polar surface area (TPSA) is 33.1 Å². The van der Waals surface area contributed by atoms with E-state index in [9.17, 15) is 5.11 Å². The quantitative estimate of drug-likeness (QED) is 0.832. The number of rotatable bonds is 6. The van der Waals surface area contributed by atoms with Crippen molar-refractivity contribution in [3.63, 3.8) is 0 Å². The van der Waals surface area contributed by atoms with E-state index in [4.69, 9.17) is 0 Å². The molecule has 0 fully saturated rings. The summed E-state index contributed by atoms with van der Waals surface area (Å²) in [6.07, 6.45) is 8.09. The van der Waals surface area contributed by atoms with Crippen molar-refractivity contribution in [2.45, 2.75) is 39.2 Å². The molecule has 21 heavy (non-hydrogen) atoms. The number of pyridine rings is 1. The number of aromatic nitrogens is 1. The second-order valence-electron chi connectivity index (χ2n) is 5.42. The zero-order chi connectivity index (χ0) is 15.1. The largest absolute Gasteiger partial charge is 0.384 e. The Morgan fingerprint density at radius 2 is 2.00 bits per heavy atom. The van der Waals surface area contributed by atoms with E-state index in [1.165, 1.54) is 5.56 Å². The maximum Gasteiger partial charge on any atom is 0.102 e. The molecule has 110 valence electrons. The summed E-state index contributed by atoms with van der Waals surface area (Å²) in [6.45, 7) is 4.25. The highest BCUT2D eigenvalue weighted by Crippen LogP contribution is 2.27. The molecule has 2 rings (SSSR count). The number of aliphatic hydroxyl groups is 1. The molecule has 1 unspecified atom stereocenters. The number of hydrogen-bond donors (Lipinski definition) is 1. The average molecular weight is 281 g/mol. The van der Waals surface area contributed by atoms with Crippen molar-refractivity contribution < 1.29 is 5.11 Å². The highest BCUT2D eigenvalue weighted by molar-refractivity contribution is 5.55. The molecule has 0 amide bonds. The van der Waals surface area contributed by atoms with E-state index in [-0.39, 0.29) is 0 Å². The van der Waals surface area contributed by atoms with Crippen LogP contribution in [-0.2, 0) is 0 Å². The van der Waals surface area contributed by atoms with Crippen molar-refractivity contribution >= 4 is 6.08 Å². The molecule has 0 aliphatic heterocycles. The van der Waals surface area contributed by atoms with Crippen molar-refractivity contribution in [2.24, 2.45) is 0 Å². The van der Waals surface area contributed by atoms with E-state index < -0.39 is 6.10 Å². The van der Waals surface area contributed by atoms with Crippen LogP contribution in [0.25, 0.3) is 6.08 Å². The predicted molar refractivity (Wildman–Crippen MR) is 87.9 cm³/mol. The molecule has 0 saturated heterocycles. The van der Waals surface area contributed by atoms with Gasteiger partial charge >= 0.3 is 0 Å². The number of unbranched alkanes of at least 4 members (excludes halogenated alkanes) is 1. The zero-order valence-corrected chi connectivity index (χ0v) is 12.8. The number of benzene rings is 1. The molecule has 0 aliphatic carbocycles. The molecule has 2 heteroatoms. The van der Waals surface area contributed by atoms with Gasteiger partial charge in [-0.05, 0) is 37.0 Å². The van der Waals surface area contributed by atoms with Gasteiger partial charge in [0.1, 0.15) is 6.10 Å². The lowest BCUT2D eigenvalue weighted by Gasteiger charge is -2.15. The smallest absolute Gasteiger partial charge is 0.102 e. The van der Waals surface area contributed by atoms with Crippen LogP contribution in [0, 0.1) is 6.92 Å². The molecular weight excluding hydrogens is 258 g/mol. The molecule has 0 spiro atoms. The fourth-order valence-electron chi connectivity index (χ4n) is 2.30. The lowest BCUT2D eigenvalue weighted by Crippen LogP contribution is -2.02. The summed E-state index contributed by atoms with van der Waals surface area (Å²) in [5.74, 6) is 0. The van der Waals surface area contributed by atoms with Crippen LogP contribution in [0.4, 0.5) is 0 Å². The van der Waals surface area contributed by atoms with Gasteiger partial charge in [-0.25, -0.2) is 0 Å². The minimum Gasteiger partial charge on any atom is -0.384 e. The van der Waals surface area contributed by atoms with Crippen LogP contribution in [0.5, 0.6) is 0 Å². The van der Waals surface area contributed by atoms with E-state index in [0.717, 1.165) is 36.0 Å². The Labute approximate surface area is 127 Å². The second-order valence-corrected chi connectivity index (χ2v) is 5.42. The molecular formula is C19H23NO. The highest BCUT2D eigenvalue weighted by Gasteiger charge is 2.13. The molecule has 0 radical (unpaired) electrons. The van der Waals surface area contributed by atoms with Gasteiger partial charge in [0.05, 0.1) is 0 Å². The third-order valence-corrected chi connectivity index (χ3v) is 3.60. The maximum absolute atomic E-state index is 10.6. The van der Waals surface area contributed by atoms with Crippen LogP contribution in [0.2, 0.25) is 0 Å². The summed E-state index contributed by atoms with van der Waals surface area (Å²) < 4.78 is 0. The van der Waals surface area contributed by atoms with Gasteiger partial charge in [-0.2, -0.15) is 0 Å². The minimum absolute atomic E-state index is 0.577. The van der Waals surface area contributed by atoms with Gasteiger partial charge in [0.25, 0.3) is 0 Å². The second kappa shape index (κ2) is 7.75. The summed E-state index contributed by atoms with van der Waals surface area (Å²) in [5, 5.41) is 10.6. The van der Waals surface area contributed by atoms with Crippen molar-refractivity contribution in [1.29, 1.82) is 0 Å². The summed E-state index contributed by atoms with van der Waals surface area (Å²) in [6, 6.07) is 12.2. The third-order valence-electron chi connectivity index (χ3n) is 3.60. The highest BCUT2D eigenvalue weighted by atomic mass is 16.3. The Bertz CT molecular complexity index is 572. The number of nitrogens with zero attached hydrogens (tertiary/aromatic N) is 1. The number of aryl methyl sites for hydroxylation is 1. The van der Waals surface area contributed by atoms with Gasteiger partial charge in [-0.15, -0.1) is 0 Å². The van der Waals surface area contributed by atoms with Gasteiger partial charge in [0.2, 0.25) is 0 Å². The van der Waals surface area contributed by atoms with E-state index in [1.807, 2.05) is 12.1 Å². The third kappa shape index (κ3) is 4.54. The molecule has 0 saturated carbocycles. The SMILES string of the molecule is CCCCC(=Cc1ccc(C)cc1)C(O)c1cccnc1. The molecule has 0 bridgehead atoms. The Kier molecular flexibility index (Phi) is 5.70.